The molecule has 0 spiro atoms. The summed E-state index contributed by atoms with van der Waals surface area (Å²) in [6.45, 7) is 3.94. The molecule has 4 heteroatoms. The van der Waals surface area contributed by atoms with E-state index in [2.05, 4.69) is 5.32 Å². The van der Waals surface area contributed by atoms with Crippen molar-refractivity contribution < 1.29 is 14.3 Å². The fourth-order valence-corrected chi connectivity index (χ4v) is 2.36. The number of esters is 1. The van der Waals surface area contributed by atoms with Crippen LogP contribution in [0.3, 0.4) is 0 Å². The molecule has 4 nitrogen and oxygen atoms in total. The molecular formula is C15H25NO3. The zero-order chi connectivity index (χ0) is 14.3. The number of hydrogen-bond donors (Lipinski definition) is 1. The molecule has 0 aliphatic heterocycles. The Morgan fingerprint density at radius 3 is 2.42 bits per heavy atom. The molecule has 1 aliphatic carbocycles. The van der Waals surface area contributed by atoms with E-state index in [1.54, 1.807) is 0 Å². The van der Waals surface area contributed by atoms with Crippen molar-refractivity contribution in [1.82, 2.24) is 5.32 Å². The molecule has 0 unspecified atom stereocenters. The molecule has 1 rings (SSSR count). The maximum atomic E-state index is 12.1. The topological polar surface area (TPSA) is 55.4 Å². The van der Waals surface area contributed by atoms with Crippen molar-refractivity contribution in [3.63, 3.8) is 0 Å². The first-order valence-corrected chi connectivity index (χ1v) is 7.06. The third-order valence-electron chi connectivity index (χ3n) is 3.54. The standard InChI is InChI=1S/C15H25NO3/c1-11(2)9-10-13(15(18)19-3)16-14(17)12-7-5-4-6-8-12/h9,12-13H,4-8,10H2,1-3H3,(H,16,17)/t13-/m1/s1. The summed E-state index contributed by atoms with van der Waals surface area (Å²) < 4.78 is 4.75. The predicted octanol–water partition coefficient (Wildman–Crippen LogP) is 2.58. The number of methoxy groups -OCH3 is 1. The molecule has 0 aromatic rings. The maximum Gasteiger partial charge on any atom is 0.328 e. The van der Waals surface area contributed by atoms with Gasteiger partial charge in [-0.25, -0.2) is 4.79 Å². The monoisotopic (exact) mass is 267 g/mol. The van der Waals surface area contributed by atoms with E-state index in [0.717, 1.165) is 31.3 Å². The zero-order valence-electron chi connectivity index (χ0n) is 12.2. The minimum absolute atomic E-state index is 0.00254. The minimum atomic E-state index is -0.561. The Morgan fingerprint density at radius 2 is 1.89 bits per heavy atom. The molecule has 1 atom stereocenters. The molecule has 0 aromatic heterocycles. The number of carbonyl (C=O) groups is 2. The molecular weight excluding hydrogens is 242 g/mol. The third kappa shape index (κ3) is 5.45. The van der Waals surface area contributed by atoms with Crippen molar-refractivity contribution in [2.45, 2.75) is 58.4 Å². The van der Waals surface area contributed by atoms with E-state index in [0.29, 0.717) is 6.42 Å². The van der Waals surface area contributed by atoms with E-state index in [4.69, 9.17) is 4.74 Å². The van der Waals surface area contributed by atoms with Crippen LogP contribution in [0, 0.1) is 5.92 Å². The number of amides is 1. The molecule has 108 valence electrons. The van der Waals surface area contributed by atoms with Crippen molar-refractivity contribution in [1.29, 1.82) is 0 Å². The van der Waals surface area contributed by atoms with Gasteiger partial charge in [-0.05, 0) is 33.1 Å². The summed E-state index contributed by atoms with van der Waals surface area (Å²) in [6, 6.07) is -0.561. The van der Waals surface area contributed by atoms with Gasteiger partial charge in [-0.15, -0.1) is 0 Å². The number of carbonyl (C=O) groups excluding carboxylic acids is 2. The van der Waals surface area contributed by atoms with Crippen LogP contribution in [0.2, 0.25) is 0 Å². The molecule has 0 aromatic carbocycles. The van der Waals surface area contributed by atoms with Crippen LogP contribution in [-0.4, -0.2) is 25.0 Å². The van der Waals surface area contributed by atoms with Crippen molar-refractivity contribution in [3.8, 4) is 0 Å². The van der Waals surface area contributed by atoms with Crippen LogP contribution in [0.1, 0.15) is 52.4 Å². The first-order chi connectivity index (χ1) is 9.04. The van der Waals surface area contributed by atoms with E-state index in [1.165, 1.54) is 13.5 Å². The second kappa shape index (κ2) is 7.97. The van der Waals surface area contributed by atoms with Crippen LogP contribution in [-0.2, 0) is 14.3 Å². The number of rotatable bonds is 5. The number of nitrogens with one attached hydrogen (secondary N) is 1. The van der Waals surface area contributed by atoms with E-state index in [9.17, 15) is 9.59 Å². The van der Waals surface area contributed by atoms with Gasteiger partial charge in [0.1, 0.15) is 6.04 Å². The average Bonchev–Trinajstić information content (AvgIpc) is 2.43. The summed E-state index contributed by atoms with van der Waals surface area (Å²) in [4.78, 5) is 23.8. The quantitative estimate of drug-likeness (QED) is 0.615. The van der Waals surface area contributed by atoms with Gasteiger partial charge in [0.15, 0.2) is 0 Å². The summed E-state index contributed by atoms with van der Waals surface area (Å²) in [5.41, 5.74) is 1.13. The SMILES string of the molecule is COC(=O)[C@@H](CC=C(C)C)NC(=O)C1CCCCC1. The van der Waals surface area contributed by atoms with Crippen LogP contribution in [0.25, 0.3) is 0 Å². The largest absolute Gasteiger partial charge is 0.467 e. The Labute approximate surface area is 115 Å². The minimum Gasteiger partial charge on any atom is -0.467 e. The van der Waals surface area contributed by atoms with Crippen molar-refractivity contribution in [2.24, 2.45) is 5.92 Å². The number of allylic oxidation sites excluding steroid dienone is 1. The molecule has 1 saturated carbocycles. The Morgan fingerprint density at radius 1 is 1.26 bits per heavy atom. The van der Waals surface area contributed by atoms with Crippen LogP contribution >= 0.6 is 0 Å². The van der Waals surface area contributed by atoms with Gasteiger partial charge < -0.3 is 10.1 Å². The van der Waals surface area contributed by atoms with Gasteiger partial charge in [0.25, 0.3) is 0 Å². The van der Waals surface area contributed by atoms with Gasteiger partial charge in [0.05, 0.1) is 7.11 Å². The first kappa shape index (κ1) is 15.7. The highest BCUT2D eigenvalue weighted by atomic mass is 16.5. The van der Waals surface area contributed by atoms with Gasteiger partial charge in [-0.3, -0.25) is 4.79 Å². The molecule has 0 radical (unpaired) electrons. The Balaban J connectivity index is 2.57. The summed E-state index contributed by atoms with van der Waals surface area (Å²) in [5, 5.41) is 2.83. The van der Waals surface area contributed by atoms with Crippen LogP contribution in [0.4, 0.5) is 0 Å². The van der Waals surface area contributed by atoms with Crippen LogP contribution in [0.5, 0.6) is 0 Å². The zero-order valence-corrected chi connectivity index (χ0v) is 12.2. The van der Waals surface area contributed by atoms with Gasteiger partial charge in [0, 0.05) is 5.92 Å². The lowest BCUT2D eigenvalue weighted by molar-refractivity contribution is -0.145. The second-order valence-corrected chi connectivity index (χ2v) is 5.44. The van der Waals surface area contributed by atoms with E-state index in [-0.39, 0.29) is 17.8 Å². The Bertz CT molecular complexity index is 339. The molecule has 0 heterocycles. The molecule has 19 heavy (non-hydrogen) atoms. The fraction of sp³-hybridized carbons (Fsp3) is 0.733. The second-order valence-electron chi connectivity index (χ2n) is 5.44. The predicted molar refractivity (Wildman–Crippen MR) is 74.6 cm³/mol. The lowest BCUT2D eigenvalue weighted by atomic mass is 9.88. The summed E-state index contributed by atoms with van der Waals surface area (Å²) in [5.74, 6) is -0.313. The van der Waals surface area contributed by atoms with E-state index >= 15 is 0 Å². The summed E-state index contributed by atoms with van der Waals surface area (Å²) in [7, 11) is 1.35. The molecule has 1 aliphatic rings. The maximum absolute atomic E-state index is 12.1. The molecule has 1 N–H and O–H groups in total. The highest BCUT2D eigenvalue weighted by molar-refractivity contribution is 5.85. The Kier molecular flexibility index (Phi) is 6.60. The molecule has 0 saturated heterocycles. The molecule has 1 fully saturated rings. The highest BCUT2D eigenvalue weighted by Gasteiger charge is 2.26. The van der Waals surface area contributed by atoms with Gasteiger partial charge in [-0.1, -0.05) is 30.9 Å². The summed E-state index contributed by atoms with van der Waals surface area (Å²) in [6.07, 6.45) is 7.73. The normalized spacial score (nSPS) is 17.4. The van der Waals surface area contributed by atoms with Crippen molar-refractivity contribution >= 4 is 11.9 Å². The average molecular weight is 267 g/mol. The van der Waals surface area contributed by atoms with Crippen molar-refractivity contribution in [3.05, 3.63) is 11.6 Å². The van der Waals surface area contributed by atoms with Crippen molar-refractivity contribution in [2.75, 3.05) is 7.11 Å². The molecule has 0 bridgehead atoms. The van der Waals surface area contributed by atoms with E-state index in [1.807, 2.05) is 19.9 Å². The lowest BCUT2D eigenvalue weighted by Crippen LogP contribution is -2.44. The molecule has 1 amide bonds. The number of ether oxygens (including phenoxy) is 1. The lowest BCUT2D eigenvalue weighted by Gasteiger charge is -2.23. The number of hydrogen-bond acceptors (Lipinski definition) is 3. The third-order valence-corrected chi connectivity index (χ3v) is 3.54. The summed E-state index contributed by atoms with van der Waals surface area (Å²) >= 11 is 0. The van der Waals surface area contributed by atoms with Crippen LogP contribution in [0.15, 0.2) is 11.6 Å². The van der Waals surface area contributed by atoms with E-state index < -0.39 is 6.04 Å². The van der Waals surface area contributed by atoms with Gasteiger partial charge in [0.2, 0.25) is 5.91 Å². The first-order valence-electron chi connectivity index (χ1n) is 7.06. The smallest absolute Gasteiger partial charge is 0.328 e. The fourth-order valence-electron chi connectivity index (χ4n) is 2.36. The van der Waals surface area contributed by atoms with Gasteiger partial charge >= 0.3 is 5.97 Å². The Hall–Kier alpha value is -1.32. The van der Waals surface area contributed by atoms with Crippen LogP contribution < -0.4 is 5.32 Å². The highest BCUT2D eigenvalue weighted by Crippen LogP contribution is 2.23. The van der Waals surface area contributed by atoms with Gasteiger partial charge in [-0.2, -0.15) is 0 Å².